The maximum atomic E-state index is 11.5. The molecule has 1 amide bonds. The lowest BCUT2D eigenvalue weighted by Gasteiger charge is -2.17. The molecule has 2 unspecified atom stereocenters. The summed E-state index contributed by atoms with van der Waals surface area (Å²) in [5.74, 6) is 0.438. The highest BCUT2D eigenvalue weighted by molar-refractivity contribution is 7.85. The lowest BCUT2D eigenvalue weighted by atomic mass is 10.2. The molecule has 16 heavy (non-hydrogen) atoms. The van der Waals surface area contributed by atoms with E-state index in [4.69, 9.17) is 0 Å². The third kappa shape index (κ3) is 6.23. The van der Waals surface area contributed by atoms with Crippen molar-refractivity contribution in [1.29, 1.82) is 0 Å². The van der Waals surface area contributed by atoms with Gasteiger partial charge in [-0.25, -0.2) is 0 Å². The highest BCUT2D eigenvalue weighted by atomic mass is 32.2. The molecule has 0 spiro atoms. The molecule has 0 saturated heterocycles. The average Bonchev–Trinajstić information content (AvgIpc) is 2.31. The Labute approximate surface area is 100 Å². The summed E-state index contributed by atoms with van der Waals surface area (Å²) in [6.07, 6.45) is 2.93. The summed E-state index contributed by atoms with van der Waals surface area (Å²) >= 11 is 0. The Balaban J connectivity index is 3.83. The Bertz CT molecular complexity index is 233. The van der Waals surface area contributed by atoms with Crippen molar-refractivity contribution in [3.05, 3.63) is 0 Å². The van der Waals surface area contributed by atoms with Crippen molar-refractivity contribution in [2.75, 3.05) is 19.3 Å². The van der Waals surface area contributed by atoms with Gasteiger partial charge in [0.05, 0.1) is 10.8 Å². The lowest BCUT2D eigenvalue weighted by Crippen LogP contribution is -2.32. The number of aliphatic hydroxyl groups is 1. The molecule has 0 fully saturated rings. The van der Waals surface area contributed by atoms with Gasteiger partial charge in [-0.15, -0.1) is 0 Å². The smallest absolute Gasteiger partial charge is 0.222 e. The molecule has 1 N–H and O–H groups in total. The minimum atomic E-state index is -1.25. The predicted octanol–water partition coefficient (Wildman–Crippen LogP) is 1.11. The standard InChI is InChI=1S/C11H23NO3S/c1-4-6-7-10(13)12(3)8-9-16(15)11(14)5-2/h11,14H,4-9H2,1-3H3. The van der Waals surface area contributed by atoms with Crippen LogP contribution in [0.5, 0.6) is 0 Å². The fourth-order valence-electron chi connectivity index (χ4n) is 1.19. The average molecular weight is 249 g/mol. The zero-order valence-corrected chi connectivity index (χ0v) is 11.3. The van der Waals surface area contributed by atoms with Crippen molar-refractivity contribution in [1.82, 2.24) is 4.90 Å². The van der Waals surface area contributed by atoms with Crippen LogP contribution in [-0.4, -0.2) is 44.9 Å². The van der Waals surface area contributed by atoms with Gasteiger partial charge in [-0.1, -0.05) is 20.3 Å². The first-order valence-corrected chi connectivity index (χ1v) is 7.20. The van der Waals surface area contributed by atoms with Crippen LogP contribution in [0.4, 0.5) is 0 Å². The second kappa shape index (κ2) is 8.70. The normalized spacial score (nSPS) is 14.5. The third-order valence-corrected chi connectivity index (χ3v) is 3.98. The maximum absolute atomic E-state index is 11.5. The minimum Gasteiger partial charge on any atom is -0.380 e. The number of amides is 1. The van der Waals surface area contributed by atoms with E-state index < -0.39 is 16.2 Å². The summed E-state index contributed by atoms with van der Waals surface area (Å²) in [5, 5.41) is 9.32. The molecule has 0 aromatic rings. The zero-order chi connectivity index (χ0) is 12.6. The minimum absolute atomic E-state index is 0.0878. The molecule has 0 bridgehead atoms. The molecule has 4 nitrogen and oxygen atoms in total. The van der Waals surface area contributed by atoms with E-state index in [1.165, 1.54) is 0 Å². The topological polar surface area (TPSA) is 57.6 Å². The van der Waals surface area contributed by atoms with Crippen molar-refractivity contribution in [2.24, 2.45) is 0 Å². The molecular weight excluding hydrogens is 226 g/mol. The van der Waals surface area contributed by atoms with Crippen molar-refractivity contribution in [2.45, 2.75) is 45.0 Å². The monoisotopic (exact) mass is 249 g/mol. The first-order valence-electron chi connectivity index (χ1n) is 5.82. The van der Waals surface area contributed by atoms with E-state index in [0.717, 1.165) is 12.8 Å². The molecule has 0 aromatic carbocycles. The molecule has 0 aliphatic carbocycles. The number of carbonyl (C=O) groups is 1. The first-order chi connectivity index (χ1) is 7.52. The highest BCUT2D eigenvalue weighted by Gasteiger charge is 2.13. The molecule has 96 valence electrons. The summed E-state index contributed by atoms with van der Waals surface area (Å²) in [7, 11) is 0.470. The number of carbonyl (C=O) groups excluding carboxylic acids is 1. The van der Waals surface area contributed by atoms with Gasteiger partial charge >= 0.3 is 0 Å². The van der Waals surface area contributed by atoms with E-state index >= 15 is 0 Å². The number of hydrogen-bond acceptors (Lipinski definition) is 3. The van der Waals surface area contributed by atoms with E-state index in [1.807, 2.05) is 6.92 Å². The van der Waals surface area contributed by atoms with E-state index in [1.54, 1.807) is 18.9 Å². The molecule has 0 radical (unpaired) electrons. The molecule has 0 rings (SSSR count). The largest absolute Gasteiger partial charge is 0.380 e. The number of unbranched alkanes of at least 4 members (excludes halogenated alkanes) is 1. The molecule has 5 heteroatoms. The summed E-state index contributed by atoms with van der Waals surface area (Å²) in [5.41, 5.74) is -0.765. The van der Waals surface area contributed by atoms with Gasteiger partial charge in [0.2, 0.25) is 5.91 Å². The molecule has 0 heterocycles. The van der Waals surface area contributed by atoms with Crippen LogP contribution in [0.1, 0.15) is 39.5 Å². The quantitative estimate of drug-likeness (QED) is 0.701. The van der Waals surface area contributed by atoms with Crippen LogP contribution in [0.2, 0.25) is 0 Å². The van der Waals surface area contributed by atoms with Gasteiger partial charge in [-0.05, 0) is 12.8 Å². The molecule has 0 aromatic heterocycles. The summed E-state index contributed by atoms with van der Waals surface area (Å²) in [6, 6.07) is 0. The number of hydrogen-bond donors (Lipinski definition) is 1. The second-order valence-electron chi connectivity index (χ2n) is 3.87. The van der Waals surface area contributed by atoms with Crippen LogP contribution < -0.4 is 0 Å². The Morgan fingerprint density at radius 2 is 2.06 bits per heavy atom. The third-order valence-electron chi connectivity index (χ3n) is 2.45. The SMILES string of the molecule is CCCCC(=O)N(C)CCS(=O)C(O)CC. The van der Waals surface area contributed by atoms with Gasteiger partial charge in [0.15, 0.2) is 0 Å². The summed E-state index contributed by atoms with van der Waals surface area (Å²) in [4.78, 5) is 13.1. The van der Waals surface area contributed by atoms with Gasteiger partial charge in [-0.2, -0.15) is 0 Å². The zero-order valence-electron chi connectivity index (χ0n) is 10.4. The van der Waals surface area contributed by atoms with Crippen LogP contribution in [0.15, 0.2) is 0 Å². The highest BCUT2D eigenvalue weighted by Crippen LogP contribution is 2.01. The Morgan fingerprint density at radius 3 is 2.56 bits per heavy atom. The molecule has 0 aliphatic rings. The Morgan fingerprint density at radius 1 is 1.44 bits per heavy atom. The maximum Gasteiger partial charge on any atom is 0.222 e. The molecular formula is C11H23NO3S. The van der Waals surface area contributed by atoms with Crippen molar-refractivity contribution in [3.63, 3.8) is 0 Å². The van der Waals surface area contributed by atoms with E-state index in [-0.39, 0.29) is 5.91 Å². The van der Waals surface area contributed by atoms with Gasteiger partial charge in [0.1, 0.15) is 5.44 Å². The van der Waals surface area contributed by atoms with Gasteiger partial charge in [0.25, 0.3) is 0 Å². The Kier molecular flexibility index (Phi) is 8.47. The first kappa shape index (κ1) is 15.6. The van der Waals surface area contributed by atoms with Crippen LogP contribution in [-0.2, 0) is 15.6 Å². The van der Waals surface area contributed by atoms with Gasteiger partial charge in [-0.3, -0.25) is 9.00 Å². The van der Waals surface area contributed by atoms with Crippen LogP contribution in [0.3, 0.4) is 0 Å². The fraction of sp³-hybridized carbons (Fsp3) is 0.909. The van der Waals surface area contributed by atoms with Crippen LogP contribution in [0, 0.1) is 0 Å². The lowest BCUT2D eigenvalue weighted by molar-refractivity contribution is -0.129. The van der Waals surface area contributed by atoms with Crippen molar-refractivity contribution < 1.29 is 14.1 Å². The summed E-state index contributed by atoms with van der Waals surface area (Å²) < 4.78 is 11.4. The van der Waals surface area contributed by atoms with Crippen molar-refractivity contribution >= 4 is 16.7 Å². The van der Waals surface area contributed by atoms with Crippen LogP contribution in [0.25, 0.3) is 0 Å². The predicted molar refractivity (Wildman–Crippen MR) is 66.5 cm³/mol. The van der Waals surface area contributed by atoms with Crippen LogP contribution >= 0.6 is 0 Å². The van der Waals surface area contributed by atoms with E-state index in [0.29, 0.717) is 25.1 Å². The molecule has 2 atom stereocenters. The Hall–Kier alpha value is -0.420. The number of aliphatic hydroxyl groups excluding tert-OH is 1. The fourth-order valence-corrected chi connectivity index (χ4v) is 2.29. The van der Waals surface area contributed by atoms with Crippen molar-refractivity contribution in [3.8, 4) is 0 Å². The summed E-state index contributed by atoms with van der Waals surface area (Å²) in [6.45, 7) is 4.28. The number of rotatable bonds is 8. The van der Waals surface area contributed by atoms with E-state index in [2.05, 4.69) is 0 Å². The number of nitrogens with zero attached hydrogens (tertiary/aromatic N) is 1. The second-order valence-corrected chi connectivity index (χ2v) is 5.58. The van der Waals surface area contributed by atoms with Gasteiger partial charge < -0.3 is 10.0 Å². The molecule has 0 saturated carbocycles. The van der Waals surface area contributed by atoms with Gasteiger partial charge in [0, 0.05) is 25.8 Å². The van der Waals surface area contributed by atoms with E-state index in [9.17, 15) is 14.1 Å². The molecule has 0 aliphatic heterocycles.